The number of hydrogen-bond acceptors (Lipinski definition) is 5. The third-order valence-electron chi connectivity index (χ3n) is 4.25. The minimum absolute atomic E-state index is 0.159. The van der Waals surface area contributed by atoms with E-state index in [4.69, 9.17) is 9.72 Å². The molecule has 0 radical (unpaired) electrons. The van der Waals surface area contributed by atoms with Crippen LogP contribution in [0.2, 0.25) is 0 Å². The number of aromatic nitrogens is 2. The molecule has 146 valence electrons. The number of nitrogens with one attached hydrogen (secondary N) is 1. The zero-order valence-corrected chi connectivity index (χ0v) is 17.2. The first-order valence-corrected chi connectivity index (χ1v) is 9.53. The number of hydrogen-bond donors (Lipinski definition) is 1. The predicted octanol–water partition coefficient (Wildman–Crippen LogP) is 4.97. The summed E-state index contributed by atoms with van der Waals surface area (Å²) in [4.78, 5) is 11.2. The molecular formula is C23H28N4O. The molecule has 5 heteroatoms. The van der Waals surface area contributed by atoms with Crippen LogP contribution in [-0.2, 0) is 6.42 Å². The fraction of sp³-hybridized carbons (Fsp3) is 0.304. The SMILES string of the molecule is Cc1ccc(Cc2nc(N(C)C)ncc2Nc2ccc(OC(C)C)cc2)cc1. The Morgan fingerprint density at radius 3 is 2.29 bits per heavy atom. The van der Waals surface area contributed by atoms with Gasteiger partial charge in [0, 0.05) is 26.2 Å². The third kappa shape index (κ3) is 5.22. The molecule has 0 amide bonds. The minimum Gasteiger partial charge on any atom is -0.491 e. The molecule has 5 nitrogen and oxygen atoms in total. The maximum absolute atomic E-state index is 5.72. The Kier molecular flexibility index (Phi) is 6.14. The van der Waals surface area contributed by atoms with Crippen LogP contribution in [0, 0.1) is 6.92 Å². The molecule has 28 heavy (non-hydrogen) atoms. The summed E-state index contributed by atoms with van der Waals surface area (Å²) >= 11 is 0. The number of anilines is 3. The number of rotatable bonds is 7. The van der Waals surface area contributed by atoms with Crippen molar-refractivity contribution < 1.29 is 4.74 Å². The monoisotopic (exact) mass is 376 g/mol. The van der Waals surface area contributed by atoms with Crippen molar-refractivity contribution in [3.8, 4) is 5.75 Å². The van der Waals surface area contributed by atoms with Gasteiger partial charge in [-0.2, -0.15) is 0 Å². The van der Waals surface area contributed by atoms with E-state index in [-0.39, 0.29) is 6.10 Å². The van der Waals surface area contributed by atoms with Gasteiger partial charge in [-0.3, -0.25) is 0 Å². The highest BCUT2D eigenvalue weighted by atomic mass is 16.5. The molecule has 0 saturated carbocycles. The molecule has 0 bridgehead atoms. The average Bonchev–Trinajstić information content (AvgIpc) is 2.66. The summed E-state index contributed by atoms with van der Waals surface area (Å²) in [5.74, 6) is 1.56. The van der Waals surface area contributed by atoms with Crippen LogP contribution < -0.4 is 15.0 Å². The molecule has 2 aromatic carbocycles. The Bertz CT molecular complexity index is 903. The van der Waals surface area contributed by atoms with Gasteiger partial charge in [-0.15, -0.1) is 0 Å². The highest BCUT2D eigenvalue weighted by molar-refractivity contribution is 5.63. The highest BCUT2D eigenvalue weighted by Gasteiger charge is 2.10. The highest BCUT2D eigenvalue weighted by Crippen LogP contribution is 2.25. The van der Waals surface area contributed by atoms with Crippen LogP contribution in [0.25, 0.3) is 0 Å². The van der Waals surface area contributed by atoms with Gasteiger partial charge in [0.25, 0.3) is 0 Å². The molecule has 0 aliphatic heterocycles. The summed E-state index contributed by atoms with van der Waals surface area (Å²) < 4.78 is 5.72. The molecule has 0 aliphatic rings. The van der Waals surface area contributed by atoms with Crippen LogP contribution in [0.4, 0.5) is 17.3 Å². The quantitative estimate of drug-likeness (QED) is 0.631. The standard InChI is InChI=1S/C23H28N4O/c1-16(2)28-20-12-10-19(11-13-20)25-22-15-24-23(27(4)5)26-21(22)14-18-8-6-17(3)7-9-18/h6-13,15-16,25H,14H2,1-5H3. The lowest BCUT2D eigenvalue weighted by atomic mass is 10.1. The molecule has 1 aromatic heterocycles. The van der Waals surface area contributed by atoms with Gasteiger partial charge in [0.05, 0.1) is 23.7 Å². The van der Waals surface area contributed by atoms with Crippen LogP contribution in [0.5, 0.6) is 5.75 Å². The van der Waals surface area contributed by atoms with Crippen molar-refractivity contribution in [3.05, 3.63) is 71.5 Å². The van der Waals surface area contributed by atoms with Gasteiger partial charge in [0.2, 0.25) is 5.95 Å². The summed E-state index contributed by atoms with van der Waals surface area (Å²) in [5.41, 5.74) is 5.32. The number of aryl methyl sites for hydroxylation is 1. The molecule has 0 spiro atoms. The lowest BCUT2D eigenvalue weighted by Crippen LogP contribution is -2.14. The Balaban J connectivity index is 1.85. The first-order chi connectivity index (χ1) is 13.4. The molecule has 3 rings (SSSR count). The summed E-state index contributed by atoms with van der Waals surface area (Å²) in [6.45, 7) is 6.14. The Morgan fingerprint density at radius 1 is 1.00 bits per heavy atom. The second-order valence-electron chi connectivity index (χ2n) is 7.40. The van der Waals surface area contributed by atoms with Gasteiger partial charge >= 0.3 is 0 Å². The molecule has 1 heterocycles. The lowest BCUT2D eigenvalue weighted by molar-refractivity contribution is 0.242. The Morgan fingerprint density at radius 2 is 1.68 bits per heavy atom. The summed E-state index contributed by atoms with van der Waals surface area (Å²) in [6.07, 6.45) is 2.75. The normalized spacial score (nSPS) is 10.8. The zero-order valence-electron chi connectivity index (χ0n) is 17.2. The maximum Gasteiger partial charge on any atom is 0.225 e. The van der Waals surface area contributed by atoms with Crippen molar-refractivity contribution in [2.45, 2.75) is 33.3 Å². The van der Waals surface area contributed by atoms with Crippen LogP contribution in [-0.4, -0.2) is 30.2 Å². The van der Waals surface area contributed by atoms with Gasteiger partial charge in [-0.25, -0.2) is 9.97 Å². The molecule has 0 saturated heterocycles. The van der Waals surface area contributed by atoms with E-state index in [0.717, 1.165) is 29.2 Å². The van der Waals surface area contributed by atoms with E-state index in [1.54, 1.807) is 0 Å². The molecule has 1 N–H and O–H groups in total. The first-order valence-electron chi connectivity index (χ1n) is 9.53. The van der Waals surface area contributed by atoms with Gasteiger partial charge in [0.15, 0.2) is 0 Å². The summed E-state index contributed by atoms with van der Waals surface area (Å²) in [7, 11) is 3.90. The van der Waals surface area contributed by atoms with Crippen LogP contribution in [0.3, 0.4) is 0 Å². The molecule has 0 aliphatic carbocycles. The minimum atomic E-state index is 0.159. The molecule has 0 unspecified atom stereocenters. The fourth-order valence-electron chi connectivity index (χ4n) is 2.81. The number of nitrogens with zero attached hydrogens (tertiary/aromatic N) is 3. The second-order valence-corrected chi connectivity index (χ2v) is 7.40. The molecule has 0 atom stereocenters. The first kappa shape index (κ1) is 19.7. The van der Waals surface area contributed by atoms with E-state index in [2.05, 4.69) is 41.5 Å². The van der Waals surface area contributed by atoms with Crippen molar-refractivity contribution in [1.82, 2.24) is 9.97 Å². The predicted molar refractivity (Wildman–Crippen MR) is 116 cm³/mol. The van der Waals surface area contributed by atoms with Crippen molar-refractivity contribution in [3.63, 3.8) is 0 Å². The van der Waals surface area contributed by atoms with Gasteiger partial charge < -0.3 is 15.0 Å². The van der Waals surface area contributed by atoms with E-state index in [1.807, 2.05) is 63.3 Å². The van der Waals surface area contributed by atoms with E-state index >= 15 is 0 Å². The van der Waals surface area contributed by atoms with Crippen LogP contribution >= 0.6 is 0 Å². The lowest BCUT2D eigenvalue weighted by Gasteiger charge is -2.16. The average molecular weight is 377 g/mol. The molecular weight excluding hydrogens is 348 g/mol. The summed E-state index contributed by atoms with van der Waals surface area (Å²) in [6, 6.07) is 16.5. The largest absolute Gasteiger partial charge is 0.491 e. The van der Waals surface area contributed by atoms with E-state index in [1.165, 1.54) is 11.1 Å². The van der Waals surface area contributed by atoms with Gasteiger partial charge in [-0.1, -0.05) is 29.8 Å². The maximum atomic E-state index is 5.72. The van der Waals surface area contributed by atoms with Crippen molar-refractivity contribution in [2.24, 2.45) is 0 Å². The van der Waals surface area contributed by atoms with Crippen molar-refractivity contribution >= 4 is 17.3 Å². The second kappa shape index (κ2) is 8.74. The van der Waals surface area contributed by atoms with Gasteiger partial charge in [0.1, 0.15) is 5.75 Å². The van der Waals surface area contributed by atoms with Gasteiger partial charge in [-0.05, 0) is 50.6 Å². The van der Waals surface area contributed by atoms with Crippen molar-refractivity contribution in [2.75, 3.05) is 24.3 Å². The topological polar surface area (TPSA) is 50.3 Å². The Hall–Kier alpha value is -3.08. The zero-order chi connectivity index (χ0) is 20.1. The summed E-state index contributed by atoms with van der Waals surface area (Å²) in [5, 5.41) is 3.45. The van der Waals surface area contributed by atoms with E-state index in [9.17, 15) is 0 Å². The van der Waals surface area contributed by atoms with Crippen LogP contribution in [0.15, 0.2) is 54.7 Å². The third-order valence-corrected chi connectivity index (χ3v) is 4.25. The number of benzene rings is 2. The smallest absolute Gasteiger partial charge is 0.225 e. The van der Waals surface area contributed by atoms with Crippen molar-refractivity contribution in [1.29, 1.82) is 0 Å². The van der Waals surface area contributed by atoms with E-state index < -0.39 is 0 Å². The fourth-order valence-corrected chi connectivity index (χ4v) is 2.81. The van der Waals surface area contributed by atoms with Crippen LogP contribution in [0.1, 0.15) is 30.7 Å². The van der Waals surface area contributed by atoms with E-state index in [0.29, 0.717) is 5.95 Å². The number of ether oxygens (including phenoxy) is 1. The molecule has 0 fully saturated rings. The Labute approximate surface area is 167 Å². The molecule has 3 aromatic rings.